The molecule has 1 aliphatic carbocycles. The van der Waals surface area contributed by atoms with E-state index in [2.05, 4.69) is 30.4 Å². The number of fused-ring (bicyclic) bond motifs is 1. The molecule has 2 rings (SSSR count). The van der Waals surface area contributed by atoms with Crippen molar-refractivity contribution in [3.63, 3.8) is 0 Å². The van der Waals surface area contributed by atoms with E-state index in [4.69, 9.17) is 5.73 Å². The van der Waals surface area contributed by atoms with Crippen LogP contribution in [0.4, 0.5) is 0 Å². The summed E-state index contributed by atoms with van der Waals surface area (Å²) in [6.07, 6.45) is 8.61. The van der Waals surface area contributed by atoms with Crippen LogP contribution in [0.25, 0.3) is 0 Å². The van der Waals surface area contributed by atoms with Crippen LogP contribution in [0.3, 0.4) is 0 Å². The standard InChI is InChI=1S/C18H28N2O.ClH/c1-2-3-8-17(13-19)20-18(21)12-14-9-10-15-6-4-5-7-16(15)11-14;/h9-11,17H,2-8,12-13,19H2,1H3,(H,20,21);1H. The second-order valence-electron chi connectivity index (χ2n) is 6.13. The van der Waals surface area contributed by atoms with E-state index in [1.165, 1.54) is 30.4 Å². The zero-order valence-electron chi connectivity index (χ0n) is 13.6. The molecule has 3 N–H and O–H groups in total. The minimum atomic E-state index is 0. The third kappa shape index (κ3) is 5.62. The lowest BCUT2D eigenvalue weighted by Gasteiger charge is -2.18. The first-order chi connectivity index (χ1) is 10.2. The van der Waals surface area contributed by atoms with Crippen molar-refractivity contribution in [3.8, 4) is 0 Å². The lowest BCUT2D eigenvalue weighted by Crippen LogP contribution is -2.40. The normalized spacial score (nSPS) is 14.6. The van der Waals surface area contributed by atoms with E-state index in [1.807, 2.05) is 0 Å². The smallest absolute Gasteiger partial charge is 0.224 e. The highest BCUT2D eigenvalue weighted by Crippen LogP contribution is 2.22. The summed E-state index contributed by atoms with van der Waals surface area (Å²) in [4.78, 5) is 12.1. The molecule has 0 aromatic heterocycles. The number of carbonyl (C=O) groups is 1. The molecular formula is C18H29ClN2O. The van der Waals surface area contributed by atoms with Crippen molar-refractivity contribution in [1.82, 2.24) is 5.32 Å². The lowest BCUT2D eigenvalue weighted by molar-refractivity contribution is -0.121. The molecular weight excluding hydrogens is 296 g/mol. The largest absolute Gasteiger partial charge is 0.352 e. The summed E-state index contributed by atoms with van der Waals surface area (Å²) < 4.78 is 0. The van der Waals surface area contributed by atoms with Crippen molar-refractivity contribution in [1.29, 1.82) is 0 Å². The van der Waals surface area contributed by atoms with E-state index in [0.29, 0.717) is 13.0 Å². The Hall–Kier alpha value is -1.06. The molecule has 1 aromatic carbocycles. The van der Waals surface area contributed by atoms with Crippen LogP contribution >= 0.6 is 12.4 Å². The number of rotatable bonds is 7. The summed E-state index contributed by atoms with van der Waals surface area (Å²) in [6.45, 7) is 2.68. The summed E-state index contributed by atoms with van der Waals surface area (Å²) in [6, 6.07) is 6.65. The Morgan fingerprint density at radius 3 is 2.68 bits per heavy atom. The molecule has 1 aliphatic rings. The Morgan fingerprint density at radius 2 is 2.00 bits per heavy atom. The van der Waals surface area contributed by atoms with Crippen LogP contribution in [0.15, 0.2) is 18.2 Å². The van der Waals surface area contributed by atoms with Crippen molar-refractivity contribution < 1.29 is 4.79 Å². The second-order valence-corrected chi connectivity index (χ2v) is 6.13. The Bertz CT molecular complexity index is 476. The van der Waals surface area contributed by atoms with Crippen molar-refractivity contribution >= 4 is 18.3 Å². The van der Waals surface area contributed by atoms with Crippen LogP contribution in [0, 0.1) is 0 Å². The van der Waals surface area contributed by atoms with Gasteiger partial charge in [-0.05, 0) is 48.8 Å². The fourth-order valence-electron chi connectivity index (χ4n) is 3.06. The van der Waals surface area contributed by atoms with E-state index < -0.39 is 0 Å². The van der Waals surface area contributed by atoms with E-state index in [1.54, 1.807) is 0 Å². The van der Waals surface area contributed by atoms with Gasteiger partial charge in [-0.1, -0.05) is 38.0 Å². The average Bonchev–Trinajstić information content (AvgIpc) is 2.51. The first-order valence-corrected chi connectivity index (χ1v) is 8.33. The molecule has 0 radical (unpaired) electrons. The van der Waals surface area contributed by atoms with Gasteiger partial charge in [-0.3, -0.25) is 4.79 Å². The Morgan fingerprint density at radius 1 is 1.27 bits per heavy atom. The average molecular weight is 325 g/mol. The molecule has 3 nitrogen and oxygen atoms in total. The maximum absolute atomic E-state index is 12.1. The first-order valence-electron chi connectivity index (χ1n) is 8.33. The maximum atomic E-state index is 12.1. The van der Waals surface area contributed by atoms with Crippen LogP contribution in [-0.4, -0.2) is 18.5 Å². The summed E-state index contributed by atoms with van der Waals surface area (Å²) >= 11 is 0. The summed E-state index contributed by atoms with van der Waals surface area (Å²) in [5.41, 5.74) is 9.76. The highest BCUT2D eigenvalue weighted by molar-refractivity contribution is 5.85. The Kier molecular flexibility index (Phi) is 8.51. The fraction of sp³-hybridized carbons (Fsp3) is 0.611. The van der Waals surface area contributed by atoms with Gasteiger partial charge in [-0.2, -0.15) is 0 Å². The highest BCUT2D eigenvalue weighted by Gasteiger charge is 2.13. The number of hydrogen-bond acceptors (Lipinski definition) is 2. The molecule has 1 aromatic rings. The van der Waals surface area contributed by atoms with Gasteiger partial charge in [0.05, 0.1) is 6.42 Å². The number of nitrogens with two attached hydrogens (primary N) is 1. The lowest BCUT2D eigenvalue weighted by atomic mass is 9.90. The van der Waals surface area contributed by atoms with Gasteiger partial charge < -0.3 is 11.1 Å². The molecule has 22 heavy (non-hydrogen) atoms. The zero-order chi connectivity index (χ0) is 15.1. The number of hydrogen-bond donors (Lipinski definition) is 2. The molecule has 0 aliphatic heterocycles. The maximum Gasteiger partial charge on any atom is 0.224 e. The number of nitrogens with one attached hydrogen (secondary N) is 1. The monoisotopic (exact) mass is 324 g/mol. The number of aryl methyl sites for hydroxylation is 2. The van der Waals surface area contributed by atoms with Gasteiger partial charge in [0.2, 0.25) is 5.91 Å². The molecule has 4 heteroatoms. The zero-order valence-corrected chi connectivity index (χ0v) is 14.4. The van der Waals surface area contributed by atoms with Gasteiger partial charge in [-0.15, -0.1) is 12.4 Å². The number of benzene rings is 1. The quantitative estimate of drug-likeness (QED) is 0.809. The summed E-state index contributed by atoms with van der Waals surface area (Å²) in [7, 11) is 0. The topological polar surface area (TPSA) is 55.1 Å². The molecule has 0 saturated carbocycles. The SMILES string of the molecule is CCCCC(CN)NC(=O)Cc1ccc2c(c1)CCCC2.Cl. The van der Waals surface area contributed by atoms with Crippen LogP contribution < -0.4 is 11.1 Å². The van der Waals surface area contributed by atoms with E-state index >= 15 is 0 Å². The van der Waals surface area contributed by atoms with Crippen LogP contribution in [0.5, 0.6) is 0 Å². The van der Waals surface area contributed by atoms with Crippen LogP contribution in [0.1, 0.15) is 55.7 Å². The first kappa shape index (κ1) is 19.0. The van der Waals surface area contributed by atoms with E-state index in [9.17, 15) is 4.79 Å². The number of unbranched alkanes of at least 4 members (excludes halogenated alkanes) is 1. The van der Waals surface area contributed by atoms with Crippen LogP contribution in [0.2, 0.25) is 0 Å². The fourth-order valence-corrected chi connectivity index (χ4v) is 3.06. The number of halogens is 1. The van der Waals surface area contributed by atoms with Gasteiger partial charge in [0, 0.05) is 12.6 Å². The number of carbonyl (C=O) groups excluding carboxylic acids is 1. The minimum absolute atomic E-state index is 0. The predicted molar refractivity (Wildman–Crippen MR) is 94.5 cm³/mol. The molecule has 0 spiro atoms. The molecule has 1 amide bonds. The molecule has 0 saturated heterocycles. The van der Waals surface area contributed by atoms with Gasteiger partial charge >= 0.3 is 0 Å². The Balaban J connectivity index is 0.00000242. The predicted octanol–water partition coefficient (Wildman–Crippen LogP) is 3.16. The third-order valence-electron chi connectivity index (χ3n) is 4.33. The molecule has 0 fully saturated rings. The van der Waals surface area contributed by atoms with Crippen LogP contribution in [-0.2, 0) is 24.1 Å². The van der Waals surface area contributed by atoms with Crippen molar-refractivity contribution in [3.05, 3.63) is 34.9 Å². The van der Waals surface area contributed by atoms with Gasteiger partial charge in [-0.25, -0.2) is 0 Å². The molecule has 1 atom stereocenters. The minimum Gasteiger partial charge on any atom is -0.352 e. The van der Waals surface area contributed by atoms with Crippen molar-refractivity contribution in [2.24, 2.45) is 5.73 Å². The third-order valence-corrected chi connectivity index (χ3v) is 4.33. The summed E-state index contributed by atoms with van der Waals surface area (Å²) in [5.74, 6) is 0.0947. The Labute approximate surface area is 140 Å². The van der Waals surface area contributed by atoms with E-state index in [0.717, 1.165) is 31.2 Å². The van der Waals surface area contributed by atoms with Crippen molar-refractivity contribution in [2.45, 2.75) is 64.3 Å². The van der Waals surface area contributed by atoms with E-state index in [-0.39, 0.29) is 24.4 Å². The van der Waals surface area contributed by atoms with Gasteiger partial charge in [0.15, 0.2) is 0 Å². The summed E-state index contributed by atoms with van der Waals surface area (Å²) in [5, 5.41) is 3.07. The molecule has 0 heterocycles. The number of amides is 1. The van der Waals surface area contributed by atoms with Gasteiger partial charge in [0.25, 0.3) is 0 Å². The van der Waals surface area contributed by atoms with Gasteiger partial charge in [0.1, 0.15) is 0 Å². The molecule has 1 unspecified atom stereocenters. The molecule has 124 valence electrons. The second kappa shape index (κ2) is 9.86. The van der Waals surface area contributed by atoms with Crippen molar-refractivity contribution in [2.75, 3.05) is 6.54 Å². The highest BCUT2D eigenvalue weighted by atomic mass is 35.5. The molecule has 0 bridgehead atoms.